The maximum atomic E-state index is 12.9. The van der Waals surface area contributed by atoms with E-state index < -0.39 is 11.6 Å². The Morgan fingerprint density at radius 3 is 2.47 bits per heavy atom. The van der Waals surface area contributed by atoms with Gasteiger partial charge in [-0.25, -0.2) is 8.78 Å². The molecule has 4 nitrogen and oxygen atoms in total. The van der Waals surface area contributed by atoms with Crippen LogP contribution in [-0.2, 0) is 0 Å². The first-order valence-electron chi connectivity index (χ1n) is 3.99. The fraction of sp³-hybridized carbons (Fsp3) is 0.125. The minimum absolute atomic E-state index is 0.266. The number of tetrazole rings is 1. The number of aromatic nitrogens is 4. The first-order valence-corrected chi connectivity index (χ1v) is 5.22. The summed E-state index contributed by atoms with van der Waals surface area (Å²) in [6, 6.07) is 3.13. The molecule has 0 unspecified atom stereocenters. The van der Waals surface area contributed by atoms with Crippen LogP contribution in [0.1, 0.15) is 0 Å². The molecular weight excluding hydrogens is 222 g/mol. The summed E-state index contributed by atoms with van der Waals surface area (Å²) in [7, 11) is 0. The highest BCUT2D eigenvalue weighted by Gasteiger charge is 2.09. The molecule has 0 radical (unpaired) electrons. The Labute approximate surface area is 88.3 Å². The number of rotatable bonds is 2. The van der Waals surface area contributed by atoms with E-state index >= 15 is 0 Å². The molecule has 0 N–H and O–H groups in total. The van der Waals surface area contributed by atoms with Crippen molar-refractivity contribution in [3.05, 3.63) is 29.8 Å². The number of hydrogen-bond donors (Lipinski definition) is 0. The Morgan fingerprint density at radius 2 is 1.87 bits per heavy atom. The highest BCUT2D eigenvalue weighted by atomic mass is 32.2. The summed E-state index contributed by atoms with van der Waals surface area (Å²) in [5.41, 5.74) is 0.266. The number of halogens is 2. The van der Waals surface area contributed by atoms with Crippen LogP contribution in [0.5, 0.6) is 0 Å². The van der Waals surface area contributed by atoms with Crippen LogP contribution in [0.2, 0.25) is 0 Å². The van der Waals surface area contributed by atoms with Crippen molar-refractivity contribution in [1.29, 1.82) is 0 Å². The number of hydrogen-bond acceptors (Lipinski definition) is 4. The average Bonchev–Trinajstić information content (AvgIpc) is 2.63. The first-order chi connectivity index (χ1) is 7.20. The van der Waals surface area contributed by atoms with Crippen molar-refractivity contribution in [3.8, 4) is 5.69 Å². The van der Waals surface area contributed by atoms with E-state index in [9.17, 15) is 8.78 Å². The monoisotopic (exact) mass is 228 g/mol. The minimum Gasteiger partial charge on any atom is -0.207 e. The van der Waals surface area contributed by atoms with E-state index in [2.05, 4.69) is 15.5 Å². The Kier molecular flexibility index (Phi) is 2.63. The third-order valence-corrected chi connectivity index (χ3v) is 2.34. The molecule has 0 saturated carbocycles. The molecule has 0 aliphatic carbocycles. The standard InChI is InChI=1S/C8H6F2N4S/c1-15-8-11-12-13-14(8)7-3-5(9)2-6(10)4-7/h2-4H,1H3. The highest BCUT2D eigenvalue weighted by Crippen LogP contribution is 2.17. The fourth-order valence-electron chi connectivity index (χ4n) is 1.13. The van der Waals surface area contributed by atoms with E-state index in [0.717, 1.165) is 6.07 Å². The minimum atomic E-state index is -0.660. The topological polar surface area (TPSA) is 43.6 Å². The Balaban J connectivity index is 2.53. The molecule has 1 aromatic carbocycles. The van der Waals surface area contributed by atoms with Crippen LogP contribution in [-0.4, -0.2) is 26.5 Å². The molecular formula is C8H6F2N4S. The molecule has 15 heavy (non-hydrogen) atoms. The van der Waals surface area contributed by atoms with E-state index in [1.165, 1.54) is 28.6 Å². The molecule has 78 valence electrons. The van der Waals surface area contributed by atoms with Gasteiger partial charge in [0.05, 0.1) is 5.69 Å². The lowest BCUT2D eigenvalue weighted by molar-refractivity contribution is 0.577. The van der Waals surface area contributed by atoms with Gasteiger partial charge in [-0.05, 0) is 28.8 Å². The first kappa shape index (κ1) is 10.0. The summed E-state index contributed by atoms with van der Waals surface area (Å²) in [5.74, 6) is -1.32. The van der Waals surface area contributed by atoms with Gasteiger partial charge in [-0.15, -0.1) is 5.10 Å². The summed E-state index contributed by atoms with van der Waals surface area (Å²) in [5, 5.41) is 11.2. The second-order valence-electron chi connectivity index (χ2n) is 2.71. The Bertz CT molecular complexity index is 465. The van der Waals surface area contributed by atoms with Crippen LogP contribution in [0.25, 0.3) is 5.69 Å². The van der Waals surface area contributed by atoms with Crippen LogP contribution in [0.15, 0.2) is 23.4 Å². The quantitative estimate of drug-likeness (QED) is 0.733. The van der Waals surface area contributed by atoms with E-state index in [1.807, 2.05) is 0 Å². The summed E-state index contributed by atoms with van der Waals surface area (Å²) in [4.78, 5) is 0. The zero-order valence-electron chi connectivity index (χ0n) is 7.69. The molecule has 0 bridgehead atoms. The number of thioether (sulfide) groups is 1. The largest absolute Gasteiger partial charge is 0.213 e. The third kappa shape index (κ3) is 1.96. The molecule has 0 atom stereocenters. The lowest BCUT2D eigenvalue weighted by Crippen LogP contribution is -2.00. The van der Waals surface area contributed by atoms with Gasteiger partial charge in [-0.2, -0.15) is 4.68 Å². The normalized spacial score (nSPS) is 10.6. The molecule has 1 heterocycles. The van der Waals surface area contributed by atoms with Crippen molar-refractivity contribution in [2.24, 2.45) is 0 Å². The molecule has 0 spiro atoms. The molecule has 0 saturated heterocycles. The Hall–Kier alpha value is -1.50. The second-order valence-corrected chi connectivity index (χ2v) is 3.48. The molecule has 0 fully saturated rings. The zero-order valence-corrected chi connectivity index (χ0v) is 8.50. The lowest BCUT2D eigenvalue weighted by atomic mass is 10.3. The predicted molar refractivity (Wildman–Crippen MR) is 50.9 cm³/mol. The van der Waals surface area contributed by atoms with E-state index in [-0.39, 0.29) is 5.69 Å². The van der Waals surface area contributed by atoms with Gasteiger partial charge in [-0.3, -0.25) is 0 Å². The van der Waals surface area contributed by atoms with Crippen molar-refractivity contribution in [1.82, 2.24) is 20.2 Å². The van der Waals surface area contributed by atoms with Gasteiger partial charge in [0, 0.05) is 6.07 Å². The molecule has 2 aromatic rings. The van der Waals surface area contributed by atoms with Gasteiger partial charge >= 0.3 is 0 Å². The van der Waals surface area contributed by atoms with Crippen molar-refractivity contribution >= 4 is 11.8 Å². The van der Waals surface area contributed by atoms with Gasteiger partial charge in [0.15, 0.2) is 0 Å². The molecule has 1 aromatic heterocycles. The van der Waals surface area contributed by atoms with Gasteiger partial charge in [0.25, 0.3) is 0 Å². The fourth-order valence-corrected chi connectivity index (χ4v) is 1.56. The van der Waals surface area contributed by atoms with E-state index in [1.54, 1.807) is 6.26 Å². The van der Waals surface area contributed by atoms with Crippen molar-refractivity contribution in [3.63, 3.8) is 0 Å². The molecule has 7 heteroatoms. The smallest absolute Gasteiger partial charge is 0.207 e. The number of nitrogens with zero attached hydrogens (tertiary/aromatic N) is 4. The average molecular weight is 228 g/mol. The maximum Gasteiger partial charge on any atom is 0.213 e. The lowest BCUT2D eigenvalue weighted by Gasteiger charge is -2.02. The van der Waals surface area contributed by atoms with Crippen molar-refractivity contribution < 1.29 is 8.78 Å². The highest BCUT2D eigenvalue weighted by molar-refractivity contribution is 7.98. The van der Waals surface area contributed by atoms with Gasteiger partial charge < -0.3 is 0 Å². The van der Waals surface area contributed by atoms with Crippen LogP contribution >= 0.6 is 11.8 Å². The van der Waals surface area contributed by atoms with Gasteiger partial charge in [0.1, 0.15) is 11.6 Å². The second kappa shape index (κ2) is 3.93. The summed E-state index contributed by atoms with van der Waals surface area (Å²) in [6.45, 7) is 0. The van der Waals surface area contributed by atoms with Crippen LogP contribution in [0, 0.1) is 11.6 Å². The van der Waals surface area contributed by atoms with Crippen molar-refractivity contribution in [2.45, 2.75) is 5.16 Å². The summed E-state index contributed by atoms with van der Waals surface area (Å²) >= 11 is 1.29. The molecule has 0 aliphatic rings. The molecule has 2 rings (SSSR count). The summed E-state index contributed by atoms with van der Waals surface area (Å²) < 4.78 is 27.1. The Morgan fingerprint density at radius 1 is 1.20 bits per heavy atom. The van der Waals surface area contributed by atoms with E-state index in [4.69, 9.17) is 0 Å². The summed E-state index contributed by atoms with van der Waals surface area (Å²) in [6.07, 6.45) is 1.78. The predicted octanol–water partition coefficient (Wildman–Crippen LogP) is 1.66. The number of benzene rings is 1. The molecule has 0 amide bonds. The molecule has 0 aliphatic heterocycles. The van der Waals surface area contributed by atoms with Gasteiger partial charge in [0.2, 0.25) is 5.16 Å². The van der Waals surface area contributed by atoms with Crippen LogP contribution in [0.3, 0.4) is 0 Å². The van der Waals surface area contributed by atoms with Crippen LogP contribution < -0.4 is 0 Å². The maximum absolute atomic E-state index is 12.9. The SMILES string of the molecule is CSc1nnnn1-c1cc(F)cc(F)c1. The van der Waals surface area contributed by atoms with Crippen LogP contribution in [0.4, 0.5) is 8.78 Å². The third-order valence-electron chi connectivity index (χ3n) is 1.72. The zero-order chi connectivity index (χ0) is 10.8. The van der Waals surface area contributed by atoms with Gasteiger partial charge in [-0.1, -0.05) is 11.8 Å². The van der Waals surface area contributed by atoms with Crippen molar-refractivity contribution in [2.75, 3.05) is 6.26 Å². The van der Waals surface area contributed by atoms with E-state index in [0.29, 0.717) is 5.16 Å².